The lowest BCUT2D eigenvalue weighted by Gasteiger charge is -2.34. The fraction of sp³-hybridized carbons (Fsp3) is 0.240. The van der Waals surface area contributed by atoms with Crippen molar-refractivity contribution in [3.05, 3.63) is 65.9 Å². The molecule has 1 aliphatic rings. The number of hydrogen-bond donors (Lipinski definition) is 3. The van der Waals surface area contributed by atoms with Gasteiger partial charge in [-0.25, -0.2) is 0 Å². The normalized spacial score (nSPS) is 13.5. The maximum Gasteiger partial charge on any atom is 0.303 e. The predicted octanol–water partition coefficient (Wildman–Crippen LogP) is 2.14. The van der Waals surface area contributed by atoms with E-state index in [0.717, 1.165) is 0 Å². The van der Waals surface area contributed by atoms with Gasteiger partial charge < -0.3 is 25.2 Å². The molecule has 1 saturated heterocycles. The van der Waals surface area contributed by atoms with Gasteiger partial charge in [-0.2, -0.15) is 0 Å². The summed E-state index contributed by atoms with van der Waals surface area (Å²) in [6.45, 7) is 1.15. The van der Waals surface area contributed by atoms with Crippen molar-refractivity contribution < 1.29 is 29.1 Å². The van der Waals surface area contributed by atoms with Gasteiger partial charge in [0.25, 0.3) is 17.6 Å². The second kappa shape index (κ2) is 10.2. The highest BCUT2D eigenvalue weighted by atomic mass is 16.4. The highest BCUT2D eigenvalue weighted by molar-refractivity contribution is 6.45. The van der Waals surface area contributed by atoms with Crippen molar-refractivity contribution in [2.45, 2.75) is 12.8 Å². The Balaban J connectivity index is 1.42. The molecule has 0 spiro atoms. The van der Waals surface area contributed by atoms with Gasteiger partial charge in [0.2, 0.25) is 5.91 Å². The first-order valence-corrected chi connectivity index (χ1v) is 11.1. The third-order valence-corrected chi connectivity index (χ3v) is 5.87. The lowest BCUT2D eigenvalue weighted by molar-refractivity contribution is -0.138. The van der Waals surface area contributed by atoms with E-state index in [9.17, 15) is 24.0 Å². The van der Waals surface area contributed by atoms with E-state index in [1.54, 1.807) is 47.4 Å². The number of rotatable bonds is 7. The summed E-state index contributed by atoms with van der Waals surface area (Å²) in [5, 5.41) is 11.8. The Morgan fingerprint density at radius 1 is 0.857 bits per heavy atom. The van der Waals surface area contributed by atoms with Crippen LogP contribution in [0.1, 0.15) is 33.6 Å². The summed E-state index contributed by atoms with van der Waals surface area (Å²) in [5.74, 6) is -3.00. The van der Waals surface area contributed by atoms with Crippen LogP contribution in [0.25, 0.3) is 10.9 Å². The molecule has 2 aromatic carbocycles. The maximum atomic E-state index is 13.0. The largest absolute Gasteiger partial charge is 0.481 e. The number of piperazine rings is 1. The standard InChI is InChI=1S/C25H24N4O6/c30-20(9-10-21(31)32)27-19-8-4-7-17-18(15-26-22(17)19)23(33)25(35)29-13-11-28(12-14-29)24(34)16-5-2-1-3-6-16/h1-8,15,26H,9-14H2,(H,27,30)(H,31,32). The summed E-state index contributed by atoms with van der Waals surface area (Å²) in [7, 11) is 0. The fourth-order valence-corrected chi connectivity index (χ4v) is 4.01. The molecule has 2 heterocycles. The third-order valence-electron chi connectivity index (χ3n) is 5.87. The Hall–Kier alpha value is -4.47. The molecular formula is C25H24N4O6. The van der Waals surface area contributed by atoms with E-state index in [1.807, 2.05) is 6.07 Å². The van der Waals surface area contributed by atoms with Gasteiger partial charge in [0.05, 0.1) is 23.2 Å². The van der Waals surface area contributed by atoms with Gasteiger partial charge in [-0.15, -0.1) is 0 Å². The molecule has 0 bridgehead atoms. The number of carboxylic acid groups (broad SMARTS) is 1. The van der Waals surface area contributed by atoms with Gasteiger partial charge in [-0.1, -0.05) is 30.3 Å². The zero-order chi connectivity index (χ0) is 24.9. The van der Waals surface area contributed by atoms with Gasteiger partial charge in [0.15, 0.2) is 0 Å². The highest BCUT2D eigenvalue weighted by Crippen LogP contribution is 2.26. The lowest BCUT2D eigenvalue weighted by atomic mass is 10.1. The summed E-state index contributed by atoms with van der Waals surface area (Å²) in [5.41, 5.74) is 1.60. The van der Waals surface area contributed by atoms with E-state index in [4.69, 9.17) is 5.11 Å². The topological polar surface area (TPSA) is 140 Å². The monoisotopic (exact) mass is 476 g/mol. The first kappa shape index (κ1) is 23.7. The number of hydrogen-bond acceptors (Lipinski definition) is 5. The Labute approximate surface area is 200 Å². The Bertz CT molecular complexity index is 1290. The number of amides is 3. The molecule has 3 amide bonds. The van der Waals surface area contributed by atoms with Gasteiger partial charge in [-0.05, 0) is 18.2 Å². The van der Waals surface area contributed by atoms with Gasteiger partial charge in [0, 0.05) is 49.7 Å². The van der Waals surface area contributed by atoms with Crippen LogP contribution in [0, 0.1) is 0 Å². The number of para-hydroxylation sites is 1. The molecule has 0 radical (unpaired) electrons. The fourth-order valence-electron chi connectivity index (χ4n) is 4.01. The third kappa shape index (κ3) is 5.21. The average Bonchev–Trinajstić information content (AvgIpc) is 3.32. The zero-order valence-electron chi connectivity index (χ0n) is 18.8. The first-order valence-electron chi connectivity index (χ1n) is 11.1. The van der Waals surface area contributed by atoms with Crippen LogP contribution < -0.4 is 5.32 Å². The molecule has 35 heavy (non-hydrogen) atoms. The van der Waals surface area contributed by atoms with E-state index in [1.165, 1.54) is 11.1 Å². The predicted molar refractivity (Wildman–Crippen MR) is 127 cm³/mol. The average molecular weight is 476 g/mol. The van der Waals surface area contributed by atoms with Crippen LogP contribution in [0.3, 0.4) is 0 Å². The number of carbonyl (C=O) groups is 5. The Kier molecular flexibility index (Phi) is 6.91. The molecule has 0 saturated carbocycles. The number of benzene rings is 2. The van der Waals surface area contributed by atoms with Crippen molar-refractivity contribution in [2.24, 2.45) is 0 Å². The summed E-state index contributed by atoms with van der Waals surface area (Å²) in [4.78, 5) is 67.3. The summed E-state index contributed by atoms with van der Waals surface area (Å²) >= 11 is 0. The summed E-state index contributed by atoms with van der Waals surface area (Å²) < 4.78 is 0. The van der Waals surface area contributed by atoms with Crippen LogP contribution in [0.5, 0.6) is 0 Å². The van der Waals surface area contributed by atoms with E-state index >= 15 is 0 Å². The molecule has 180 valence electrons. The number of anilines is 1. The van der Waals surface area contributed by atoms with Gasteiger partial charge in [-0.3, -0.25) is 24.0 Å². The number of aromatic amines is 1. The quantitative estimate of drug-likeness (QED) is 0.353. The molecule has 10 nitrogen and oxygen atoms in total. The number of carboxylic acids is 1. The minimum atomic E-state index is -1.07. The van der Waals surface area contributed by atoms with Crippen molar-refractivity contribution >= 4 is 46.1 Å². The van der Waals surface area contributed by atoms with E-state index < -0.39 is 23.6 Å². The van der Waals surface area contributed by atoms with Crippen molar-refractivity contribution in [1.29, 1.82) is 0 Å². The van der Waals surface area contributed by atoms with Crippen LogP contribution in [-0.2, 0) is 14.4 Å². The SMILES string of the molecule is O=C(O)CCC(=O)Nc1cccc2c(C(=O)C(=O)N3CCN(C(=O)c4ccccc4)CC3)c[nH]c12. The first-order chi connectivity index (χ1) is 16.8. The van der Waals surface area contributed by atoms with Crippen molar-refractivity contribution in [1.82, 2.24) is 14.8 Å². The van der Waals surface area contributed by atoms with E-state index in [-0.39, 0.29) is 37.4 Å². The molecule has 0 unspecified atom stereocenters. The Morgan fingerprint density at radius 2 is 1.54 bits per heavy atom. The van der Waals surface area contributed by atoms with Crippen LogP contribution >= 0.6 is 0 Å². The second-order valence-corrected chi connectivity index (χ2v) is 8.15. The number of nitrogens with zero attached hydrogens (tertiary/aromatic N) is 2. The van der Waals surface area contributed by atoms with Gasteiger partial charge >= 0.3 is 5.97 Å². The number of aliphatic carboxylic acids is 1. The number of aromatic nitrogens is 1. The van der Waals surface area contributed by atoms with Crippen molar-refractivity contribution in [3.8, 4) is 0 Å². The molecule has 10 heteroatoms. The number of fused-ring (bicyclic) bond motifs is 1. The second-order valence-electron chi connectivity index (χ2n) is 8.15. The molecular weight excluding hydrogens is 452 g/mol. The van der Waals surface area contributed by atoms with Crippen molar-refractivity contribution in [3.63, 3.8) is 0 Å². The van der Waals surface area contributed by atoms with Crippen LogP contribution in [-0.4, -0.2) is 75.5 Å². The number of H-pyrrole nitrogens is 1. The van der Waals surface area contributed by atoms with Gasteiger partial charge in [0.1, 0.15) is 0 Å². The molecule has 0 aliphatic carbocycles. The molecule has 4 rings (SSSR count). The Morgan fingerprint density at radius 3 is 2.23 bits per heavy atom. The zero-order valence-corrected chi connectivity index (χ0v) is 18.8. The molecule has 1 aliphatic heterocycles. The number of Topliss-reactive ketones (excluding diaryl/α,β-unsaturated/α-hetero) is 1. The maximum absolute atomic E-state index is 13.0. The van der Waals surface area contributed by atoms with E-state index in [2.05, 4.69) is 10.3 Å². The molecule has 3 N–H and O–H groups in total. The van der Waals surface area contributed by atoms with Crippen LogP contribution in [0.15, 0.2) is 54.7 Å². The molecule has 1 aromatic heterocycles. The van der Waals surface area contributed by atoms with Crippen LogP contribution in [0.2, 0.25) is 0 Å². The number of carbonyl (C=O) groups excluding carboxylic acids is 4. The van der Waals surface area contributed by atoms with Crippen LogP contribution in [0.4, 0.5) is 5.69 Å². The smallest absolute Gasteiger partial charge is 0.303 e. The molecule has 1 fully saturated rings. The minimum Gasteiger partial charge on any atom is -0.481 e. The molecule has 3 aromatic rings. The molecule has 0 atom stereocenters. The van der Waals surface area contributed by atoms with E-state index in [0.29, 0.717) is 35.2 Å². The van der Waals surface area contributed by atoms with Crippen molar-refractivity contribution in [2.75, 3.05) is 31.5 Å². The highest BCUT2D eigenvalue weighted by Gasteiger charge is 2.30. The summed E-state index contributed by atoms with van der Waals surface area (Å²) in [6.07, 6.45) is 0.942. The summed E-state index contributed by atoms with van der Waals surface area (Å²) in [6, 6.07) is 13.8. The lowest BCUT2D eigenvalue weighted by Crippen LogP contribution is -2.52. The number of nitrogens with one attached hydrogen (secondary N) is 2. The minimum absolute atomic E-state index is 0.112. The number of ketones is 1.